The van der Waals surface area contributed by atoms with Crippen molar-refractivity contribution in [1.82, 2.24) is 9.71 Å². The summed E-state index contributed by atoms with van der Waals surface area (Å²) in [6, 6.07) is 5.86. The van der Waals surface area contributed by atoms with E-state index in [-0.39, 0.29) is 16.9 Å². The van der Waals surface area contributed by atoms with Crippen LogP contribution in [-0.2, 0) is 14.8 Å². The van der Waals surface area contributed by atoms with Crippen LogP contribution in [0.1, 0.15) is 26.2 Å². The molecule has 0 aliphatic carbocycles. The van der Waals surface area contributed by atoms with Crippen molar-refractivity contribution in [3.8, 4) is 0 Å². The van der Waals surface area contributed by atoms with Crippen molar-refractivity contribution < 1.29 is 18.3 Å². The highest BCUT2D eigenvalue weighted by Gasteiger charge is 2.25. The fourth-order valence-corrected chi connectivity index (χ4v) is 3.45. The summed E-state index contributed by atoms with van der Waals surface area (Å²) in [6.45, 7) is 1.90. The number of rotatable bonds is 7. The third kappa shape index (κ3) is 4.17. The summed E-state index contributed by atoms with van der Waals surface area (Å²) in [5.41, 5.74) is 0.231. The number of fused-ring (bicyclic) bond motifs is 1. The van der Waals surface area contributed by atoms with E-state index in [1.807, 2.05) is 6.92 Å². The number of aromatic nitrogens is 1. The second kappa shape index (κ2) is 6.93. The van der Waals surface area contributed by atoms with Crippen LogP contribution < -0.4 is 10.3 Å². The number of benzene rings is 1. The molecule has 1 heterocycles. The van der Waals surface area contributed by atoms with Crippen molar-refractivity contribution >= 4 is 26.9 Å². The molecule has 0 saturated carbocycles. The van der Waals surface area contributed by atoms with Gasteiger partial charge in [-0.3, -0.25) is 9.59 Å². The molecule has 8 heteroatoms. The first-order chi connectivity index (χ1) is 10.8. The first-order valence-electron chi connectivity index (χ1n) is 7.21. The SMILES string of the molecule is CCCC[C@H](NS(=O)(=O)c1ccc2[nH]c(=O)ccc2c1)C(=O)O. The Morgan fingerprint density at radius 2 is 2.04 bits per heavy atom. The van der Waals surface area contributed by atoms with Gasteiger partial charge in [0.1, 0.15) is 6.04 Å². The van der Waals surface area contributed by atoms with E-state index in [1.54, 1.807) is 0 Å². The third-order valence-corrected chi connectivity index (χ3v) is 4.92. The summed E-state index contributed by atoms with van der Waals surface area (Å²) in [4.78, 5) is 25.0. The maximum absolute atomic E-state index is 12.4. The number of H-pyrrole nitrogens is 1. The van der Waals surface area contributed by atoms with Gasteiger partial charge in [0.05, 0.1) is 4.90 Å². The van der Waals surface area contributed by atoms with Gasteiger partial charge in [-0.25, -0.2) is 8.42 Å². The van der Waals surface area contributed by atoms with Crippen LogP contribution in [0.3, 0.4) is 0 Å². The van der Waals surface area contributed by atoms with Crippen LogP contribution in [0, 0.1) is 0 Å². The standard InChI is InChI=1S/C15H18N2O5S/c1-2-3-4-13(15(19)20)17-23(21,22)11-6-7-12-10(9-11)5-8-14(18)16-12/h5-9,13,17H,2-4H2,1H3,(H,16,18)(H,19,20)/t13-/m0/s1. The maximum atomic E-state index is 12.4. The number of hydrogen-bond donors (Lipinski definition) is 3. The molecule has 0 radical (unpaired) electrons. The number of hydrogen-bond acceptors (Lipinski definition) is 4. The third-order valence-electron chi connectivity index (χ3n) is 3.45. The molecule has 1 aromatic carbocycles. The van der Waals surface area contributed by atoms with E-state index in [0.29, 0.717) is 17.3 Å². The number of sulfonamides is 1. The van der Waals surface area contributed by atoms with Gasteiger partial charge < -0.3 is 10.1 Å². The van der Waals surface area contributed by atoms with Crippen LogP contribution in [0.2, 0.25) is 0 Å². The van der Waals surface area contributed by atoms with Gasteiger partial charge in [0, 0.05) is 11.6 Å². The largest absolute Gasteiger partial charge is 0.480 e. The molecule has 7 nitrogen and oxygen atoms in total. The number of carboxylic acid groups (broad SMARTS) is 1. The Balaban J connectivity index is 2.32. The van der Waals surface area contributed by atoms with E-state index < -0.39 is 22.0 Å². The van der Waals surface area contributed by atoms with Gasteiger partial charge in [-0.15, -0.1) is 0 Å². The number of aliphatic carboxylic acids is 1. The molecule has 2 aromatic rings. The van der Waals surface area contributed by atoms with E-state index in [0.717, 1.165) is 6.42 Å². The minimum atomic E-state index is -3.96. The number of nitrogens with one attached hydrogen (secondary N) is 2. The van der Waals surface area contributed by atoms with Crippen LogP contribution in [0.5, 0.6) is 0 Å². The maximum Gasteiger partial charge on any atom is 0.321 e. The number of aromatic amines is 1. The van der Waals surface area contributed by atoms with E-state index in [4.69, 9.17) is 5.11 Å². The van der Waals surface area contributed by atoms with Gasteiger partial charge in [-0.2, -0.15) is 4.72 Å². The summed E-state index contributed by atoms with van der Waals surface area (Å²) in [7, 11) is -3.96. The van der Waals surface area contributed by atoms with E-state index in [2.05, 4.69) is 9.71 Å². The van der Waals surface area contributed by atoms with Crippen molar-refractivity contribution in [1.29, 1.82) is 0 Å². The molecule has 0 spiro atoms. The summed E-state index contributed by atoms with van der Waals surface area (Å²) in [5.74, 6) is -1.20. The topological polar surface area (TPSA) is 116 Å². The molecule has 1 aromatic heterocycles. The Kier molecular flexibility index (Phi) is 5.17. The zero-order valence-corrected chi connectivity index (χ0v) is 13.4. The van der Waals surface area contributed by atoms with Gasteiger partial charge >= 0.3 is 5.97 Å². The van der Waals surface area contributed by atoms with Crippen LogP contribution in [-0.4, -0.2) is 30.5 Å². The molecule has 0 bridgehead atoms. The summed E-state index contributed by atoms with van der Waals surface area (Å²) >= 11 is 0. The van der Waals surface area contributed by atoms with E-state index in [9.17, 15) is 18.0 Å². The summed E-state index contributed by atoms with van der Waals surface area (Å²) in [5, 5.41) is 9.69. The summed E-state index contributed by atoms with van der Waals surface area (Å²) in [6.07, 6.45) is 1.61. The Morgan fingerprint density at radius 3 is 2.70 bits per heavy atom. The van der Waals surface area contributed by atoms with Crippen molar-refractivity contribution in [2.24, 2.45) is 0 Å². The van der Waals surface area contributed by atoms with Gasteiger partial charge in [-0.05, 0) is 36.1 Å². The van der Waals surface area contributed by atoms with Crippen molar-refractivity contribution in [2.75, 3.05) is 0 Å². The minimum Gasteiger partial charge on any atom is -0.480 e. The Morgan fingerprint density at radius 1 is 1.30 bits per heavy atom. The predicted molar refractivity (Wildman–Crippen MR) is 85.8 cm³/mol. The van der Waals surface area contributed by atoms with Crippen molar-refractivity contribution in [2.45, 2.75) is 37.1 Å². The predicted octanol–water partition coefficient (Wildman–Crippen LogP) is 1.45. The molecule has 0 aliphatic rings. The van der Waals surface area contributed by atoms with Gasteiger partial charge in [0.25, 0.3) is 0 Å². The number of carbonyl (C=O) groups is 1. The first kappa shape index (κ1) is 17.2. The molecule has 0 amide bonds. The van der Waals surface area contributed by atoms with Gasteiger partial charge in [0.2, 0.25) is 15.6 Å². The van der Waals surface area contributed by atoms with E-state index >= 15 is 0 Å². The number of pyridine rings is 1. The van der Waals surface area contributed by atoms with Crippen molar-refractivity contribution in [3.63, 3.8) is 0 Å². The summed E-state index contributed by atoms with van der Waals surface area (Å²) < 4.78 is 27.0. The van der Waals surface area contributed by atoms with Crippen LogP contribution in [0.15, 0.2) is 40.0 Å². The lowest BCUT2D eigenvalue weighted by molar-refractivity contribution is -0.139. The lowest BCUT2D eigenvalue weighted by atomic mass is 10.1. The molecule has 0 unspecified atom stereocenters. The highest BCUT2D eigenvalue weighted by molar-refractivity contribution is 7.89. The normalized spacial score (nSPS) is 13.1. The van der Waals surface area contributed by atoms with Crippen LogP contribution >= 0.6 is 0 Å². The lowest BCUT2D eigenvalue weighted by Gasteiger charge is -2.14. The van der Waals surface area contributed by atoms with E-state index in [1.165, 1.54) is 30.3 Å². The van der Waals surface area contributed by atoms with Crippen LogP contribution in [0.25, 0.3) is 10.9 Å². The second-order valence-electron chi connectivity index (χ2n) is 5.23. The molecule has 3 N–H and O–H groups in total. The van der Waals surface area contributed by atoms with Crippen LogP contribution in [0.4, 0.5) is 0 Å². The van der Waals surface area contributed by atoms with Gasteiger partial charge in [0.15, 0.2) is 0 Å². The quantitative estimate of drug-likeness (QED) is 0.706. The second-order valence-corrected chi connectivity index (χ2v) is 6.94. The number of unbranched alkanes of at least 4 members (excludes halogenated alkanes) is 1. The average molecular weight is 338 g/mol. The molecule has 0 aliphatic heterocycles. The fraction of sp³-hybridized carbons (Fsp3) is 0.333. The molecule has 0 saturated heterocycles. The molecule has 1 atom stereocenters. The zero-order chi connectivity index (χ0) is 17.0. The monoisotopic (exact) mass is 338 g/mol. The number of carboxylic acids is 1. The van der Waals surface area contributed by atoms with Crippen molar-refractivity contribution in [3.05, 3.63) is 40.7 Å². The first-order valence-corrected chi connectivity index (χ1v) is 8.70. The highest BCUT2D eigenvalue weighted by Crippen LogP contribution is 2.17. The average Bonchev–Trinajstić information content (AvgIpc) is 2.50. The van der Waals surface area contributed by atoms with Gasteiger partial charge in [-0.1, -0.05) is 19.8 Å². The molecular weight excluding hydrogens is 320 g/mol. The lowest BCUT2D eigenvalue weighted by Crippen LogP contribution is -2.40. The fourth-order valence-electron chi connectivity index (χ4n) is 2.20. The molecule has 23 heavy (non-hydrogen) atoms. The minimum absolute atomic E-state index is 0.0419. The molecular formula is C15H18N2O5S. The smallest absolute Gasteiger partial charge is 0.321 e. The molecule has 0 fully saturated rings. The Hall–Kier alpha value is -2.19. The Bertz CT molecular complexity index is 873. The molecule has 2 rings (SSSR count). The Labute approximate surface area is 133 Å². The zero-order valence-electron chi connectivity index (χ0n) is 12.6. The highest BCUT2D eigenvalue weighted by atomic mass is 32.2. The molecule has 124 valence electrons.